The largest absolute Gasteiger partial charge is 0.396 e. The van der Waals surface area contributed by atoms with E-state index in [0.29, 0.717) is 29.9 Å². The summed E-state index contributed by atoms with van der Waals surface area (Å²) in [5.74, 6) is 0.640. The molecule has 8 nitrogen and oxygen atoms in total. The minimum Gasteiger partial charge on any atom is -0.396 e. The highest BCUT2D eigenvalue weighted by molar-refractivity contribution is 5.82. The predicted octanol–water partition coefficient (Wildman–Crippen LogP) is 1.02. The third kappa shape index (κ3) is 2.45. The second-order valence-electron chi connectivity index (χ2n) is 8.02. The Labute approximate surface area is 161 Å². The highest BCUT2D eigenvalue weighted by atomic mass is 16.3. The molecule has 0 aliphatic heterocycles. The molecule has 2 fully saturated rings. The Hall–Kier alpha value is -2.55. The first-order chi connectivity index (χ1) is 13.5. The molecule has 0 saturated heterocycles. The van der Waals surface area contributed by atoms with E-state index in [1.165, 1.54) is 11.9 Å². The molecule has 28 heavy (non-hydrogen) atoms. The smallest absolute Gasteiger partial charge is 0.165 e. The van der Waals surface area contributed by atoms with Crippen molar-refractivity contribution in [3.05, 3.63) is 48.0 Å². The van der Waals surface area contributed by atoms with Gasteiger partial charge in [-0.05, 0) is 24.8 Å². The van der Waals surface area contributed by atoms with Gasteiger partial charge < -0.3 is 25.2 Å². The van der Waals surface area contributed by atoms with Crippen molar-refractivity contribution in [1.82, 2.24) is 19.5 Å². The van der Waals surface area contributed by atoms with Gasteiger partial charge in [0.1, 0.15) is 17.9 Å². The first kappa shape index (κ1) is 17.5. The lowest BCUT2D eigenvalue weighted by atomic mass is 10.0. The molecule has 2 heterocycles. The lowest BCUT2D eigenvalue weighted by Gasteiger charge is -2.23. The van der Waals surface area contributed by atoms with Gasteiger partial charge in [0, 0.05) is 12.0 Å². The van der Waals surface area contributed by atoms with E-state index in [-0.39, 0.29) is 18.6 Å². The fraction of sp³-hybridized carbons (Fsp3) is 0.450. The number of hydrogen-bond donors (Lipinski definition) is 4. The second-order valence-corrected chi connectivity index (χ2v) is 8.02. The number of fused-ring (bicyclic) bond motifs is 2. The van der Waals surface area contributed by atoms with Crippen LogP contribution >= 0.6 is 0 Å². The summed E-state index contributed by atoms with van der Waals surface area (Å²) in [5.41, 5.74) is 2.98. The molecule has 1 aromatic carbocycles. The molecule has 5 atom stereocenters. The zero-order valence-electron chi connectivity index (χ0n) is 15.5. The number of aliphatic hydroxyl groups is 3. The molecular weight excluding hydrogens is 358 g/mol. The van der Waals surface area contributed by atoms with Crippen molar-refractivity contribution < 1.29 is 15.3 Å². The van der Waals surface area contributed by atoms with Crippen LogP contribution in [0.3, 0.4) is 0 Å². The van der Waals surface area contributed by atoms with Gasteiger partial charge in [-0.2, -0.15) is 0 Å². The van der Waals surface area contributed by atoms with Crippen LogP contribution in [0.4, 0.5) is 5.82 Å². The Morgan fingerprint density at radius 1 is 1.25 bits per heavy atom. The first-order valence-electron chi connectivity index (χ1n) is 9.49. The summed E-state index contributed by atoms with van der Waals surface area (Å²) in [6.45, 7) is 2.54. The molecule has 0 spiro atoms. The fourth-order valence-corrected chi connectivity index (χ4v) is 4.76. The van der Waals surface area contributed by atoms with Gasteiger partial charge in [0.25, 0.3) is 0 Å². The average molecular weight is 381 g/mol. The van der Waals surface area contributed by atoms with Crippen molar-refractivity contribution in [2.45, 2.75) is 38.1 Å². The van der Waals surface area contributed by atoms with Gasteiger partial charge in [-0.3, -0.25) is 0 Å². The zero-order chi connectivity index (χ0) is 19.5. The summed E-state index contributed by atoms with van der Waals surface area (Å²) in [7, 11) is 0. The SMILES string of the molecule is Cc1cccc(CNc2ncnc3c2ncn3[C@H]2[C@H](O)[C@H](O)[C@]3(CO)C[C@H]23)c1. The van der Waals surface area contributed by atoms with E-state index in [2.05, 4.69) is 45.4 Å². The van der Waals surface area contributed by atoms with E-state index in [1.807, 2.05) is 10.6 Å². The lowest BCUT2D eigenvalue weighted by Crippen LogP contribution is -2.35. The molecule has 0 unspecified atom stereocenters. The molecule has 8 heteroatoms. The molecule has 2 aliphatic rings. The van der Waals surface area contributed by atoms with Gasteiger partial charge in [0.05, 0.1) is 25.1 Å². The van der Waals surface area contributed by atoms with Gasteiger partial charge in [-0.1, -0.05) is 29.8 Å². The number of aromatic nitrogens is 4. The van der Waals surface area contributed by atoms with E-state index in [9.17, 15) is 15.3 Å². The number of nitrogens with zero attached hydrogens (tertiary/aromatic N) is 4. The topological polar surface area (TPSA) is 116 Å². The molecule has 2 aromatic heterocycles. The lowest BCUT2D eigenvalue weighted by molar-refractivity contribution is -0.0300. The van der Waals surface area contributed by atoms with Crippen LogP contribution in [0.25, 0.3) is 11.2 Å². The van der Waals surface area contributed by atoms with Gasteiger partial charge >= 0.3 is 0 Å². The van der Waals surface area contributed by atoms with Crippen molar-refractivity contribution in [1.29, 1.82) is 0 Å². The molecule has 3 aromatic rings. The maximum Gasteiger partial charge on any atom is 0.165 e. The van der Waals surface area contributed by atoms with Crippen molar-refractivity contribution in [2.24, 2.45) is 11.3 Å². The zero-order valence-corrected chi connectivity index (χ0v) is 15.5. The summed E-state index contributed by atoms with van der Waals surface area (Å²) in [6.07, 6.45) is 1.91. The summed E-state index contributed by atoms with van der Waals surface area (Å²) < 4.78 is 1.82. The van der Waals surface area contributed by atoms with E-state index >= 15 is 0 Å². The molecule has 4 N–H and O–H groups in total. The summed E-state index contributed by atoms with van der Waals surface area (Å²) in [4.78, 5) is 13.2. The predicted molar refractivity (Wildman–Crippen MR) is 103 cm³/mol. The number of aryl methyl sites for hydroxylation is 1. The average Bonchev–Trinajstić information content (AvgIpc) is 3.21. The Morgan fingerprint density at radius 2 is 2.11 bits per heavy atom. The first-order valence-corrected chi connectivity index (χ1v) is 9.49. The van der Waals surface area contributed by atoms with Crippen molar-refractivity contribution in [3.8, 4) is 0 Å². The number of hydrogen-bond acceptors (Lipinski definition) is 7. The normalized spacial score (nSPS) is 31.1. The Bertz CT molecular complexity index is 1040. The monoisotopic (exact) mass is 381 g/mol. The second kappa shape index (κ2) is 6.23. The number of anilines is 1. The Kier molecular flexibility index (Phi) is 3.90. The molecule has 0 bridgehead atoms. The van der Waals surface area contributed by atoms with Gasteiger partial charge in [-0.25, -0.2) is 15.0 Å². The van der Waals surface area contributed by atoms with Crippen molar-refractivity contribution in [2.75, 3.05) is 11.9 Å². The standard InChI is InChI=1S/C20H23N5O3/c1-11-3-2-4-12(5-11)7-21-18-14-19(23-9-22-18)25(10-24-14)15-13-6-20(13,8-26)17(28)16(15)27/h2-5,9-10,13,15-17,26-28H,6-8H2,1H3,(H,21,22,23)/t13-,15-,16+,17+,20+/m1/s1. The maximum absolute atomic E-state index is 10.6. The maximum atomic E-state index is 10.6. The third-order valence-electron chi connectivity index (χ3n) is 6.37. The highest BCUT2D eigenvalue weighted by Crippen LogP contribution is 2.67. The number of imidazole rings is 1. The molecule has 0 amide bonds. The van der Waals surface area contributed by atoms with Crippen LogP contribution in [0, 0.1) is 18.3 Å². The van der Waals surface area contributed by atoms with E-state index in [0.717, 1.165) is 5.56 Å². The summed E-state index contributed by atoms with van der Waals surface area (Å²) in [5, 5.41) is 34.0. The number of nitrogens with one attached hydrogen (secondary N) is 1. The molecule has 0 radical (unpaired) electrons. The minimum atomic E-state index is -0.957. The summed E-state index contributed by atoms with van der Waals surface area (Å²) in [6, 6.07) is 7.88. The number of benzene rings is 1. The molecule has 5 rings (SSSR count). The number of aliphatic hydroxyl groups excluding tert-OH is 3. The van der Waals surface area contributed by atoms with E-state index in [4.69, 9.17) is 0 Å². The van der Waals surface area contributed by atoms with Gasteiger partial charge in [0.15, 0.2) is 11.5 Å². The molecule has 2 aliphatic carbocycles. The Balaban J connectivity index is 1.45. The molecular formula is C20H23N5O3. The van der Waals surface area contributed by atoms with Crippen molar-refractivity contribution in [3.63, 3.8) is 0 Å². The van der Waals surface area contributed by atoms with Crippen molar-refractivity contribution >= 4 is 17.0 Å². The quantitative estimate of drug-likeness (QED) is 0.521. The number of rotatable bonds is 5. The highest BCUT2D eigenvalue weighted by Gasteiger charge is 2.71. The fourth-order valence-electron chi connectivity index (χ4n) is 4.76. The van der Waals surface area contributed by atoms with Gasteiger partial charge in [0.2, 0.25) is 0 Å². The van der Waals surface area contributed by atoms with Crippen LogP contribution in [0.1, 0.15) is 23.6 Å². The van der Waals surface area contributed by atoms with E-state index in [1.54, 1.807) is 6.33 Å². The summed E-state index contributed by atoms with van der Waals surface area (Å²) >= 11 is 0. The van der Waals surface area contributed by atoms with E-state index < -0.39 is 17.6 Å². The van der Waals surface area contributed by atoms with Gasteiger partial charge in [-0.15, -0.1) is 0 Å². The Morgan fingerprint density at radius 3 is 2.86 bits per heavy atom. The van der Waals surface area contributed by atoms with Crippen LogP contribution in [0.15, 0.2) is 36.9 Å². The van der Waals surface area contributed by atoms with Crippen LogP contribution in [-0.2, 0) is 6.54 Å². The third-order valence-corrected chi connectivity index (χ3v) is 6.37. The van der Waals surface area contributed by atoms with Crippen LogP contribution < -0.4 is 5.32 Å². The minimum absolute atomic E-state index is 0.0126. The van der Waals surface area contributed by atoms with Crippen LogP contribution in [0.2, 0.25) is 0 Å². The van der Waals surface area contributed by atoms with Crippen LogP contribution in [-0.4, -0.2) is 53.7 Å². The molecule has 146 valence electrons. The van der Waals surface area contributed by atoms with Crippen LogP contribution in [0.5, 0.6) is 0 Å². The molecule has 2 saturated carbocycles.